The predicted octanol–water partition coefficient (Wildman–Crippen LogP) is 2.48. The zero-order valence-corrected chi connectivity index (χ0v) is 17.3. The molecule has 150 valence electrons. The van der Waals surface area contributed by atoms with Crippen molar-refractivity contribution in [3.05, 3.63) is 34.9 Å². The van der Waals surface area contributed by atoms with Gasteiger partial charge in [-0.2, -0.15) is 12.7 Å². The van der Waals surface area contributed by atoms with Gasteiger partial charge >= 0.3 is 0 Å². The fourth-order valence-electron chi connectivity index (χ4n) is 4.10. The molecule has 2 N–H and O–H groups in total. The quantitative estimate of drug-likeness (QED) is 0.807. The second kappa shape index (κ2) is 8.29. The molecule has 0 unspecified atom stereocenters. The van der Waals surface area contributed by atoms with E-state index in [1.807, 2.05) is 0 Å². The molecule has 1 atom stereocenters. The summed E-state index contributed by atoms with van der Waals surface area (Å²) in [5, 5.41) is 3.26. The topological polar surface area (TPSA) is 78.5 Å². The van der Waals surface area contributed by atoms with E-state index in [0.717, 1.165) is 19.3 Å². The maximum Gasteiger partial charge on any atom is 0.279 e. The van der Waals surface area contributed by atoms with Gasteiger partial charge in [-0.1, -0.05) is 32.0 Å². The molecule has 1 aliphatic carbocycles. The normalized spacial score (nSPS) is 21.9. The summed E-state index contributed by atoms with van der Waals surface area (Å²) in [6, 6.07) is 6.74. The van der Waals surface area contributed by atoms with Gasteiger partial charge in [0, 0.05) is 26.1 Å². The third-order valence-corrected chi connectivity index (χ3v) is 7.45. The lowest BCUT2D eigenvalue weighted by molar-refractivity contribution is -0.127. The summed E-state index contributed by atoms with van der Waals surface area (Å²) in [5.41, 5.74) is 3.90. The van der Waals surface area contributed by atoms with Crippen molar-refractivity contribution in [2.75, 3.05) is 20.1 Å². The highest BCUT2D eigenvalue weighted by Gasteiger charge is 2.32. The Morgan fingerprint density at radius 3 is 2.52 bits per heavy atom. The number of hydrogen-bond acceptors (Lipinski definition) is 3. The van der Waals surface area contributed by atoms with Crippen LogP contribution in [0.5, 0.6) is 0 Å². The fraction of sp³-hybridized carbons (Fsp3) is 0.650. The van der Waals surface area contributed by atoms with Gasteiger partial charge in [0.2, 0.25) is 5.91 Å². The third-order valence-electron chi connectivity index (χ3n) is 5.89. The molecule has 1 amide bonds. The van der Waals surface area contributed by atoms with Crippen LogP contribution in [0.15, 0.2) is 18.2 Å². The number of benzene rings is 1. The van der Waals surface area contributed by atoms with Gasteiger partial charge < -0.3 is 5.32 Å². The number of fused-ring (bicyclic) bond motifs is 1. The van der Waals surface area contributed by atoms with E-state index in [0.29, 0.717) is 31.8 Å². The Bertz CT molecular complexity index is 784. The summed E-state index contributed by atoms with van der Waals surface area (Å²) < 4.78 is 27.5. The summed E-state index contributed by atoms with van der Waals surface area (Å²) in [4.78, 5) is 12.8. The molecule has 27 heavy (non-hydrogen) atoms. The average molecular weight is 394 g/mol. The van der Waals surface area contributed by atoms with Crippen LogP contribution >= 0.6 is 0 Å². The van der Waals surface area contributed by atoms with Crippen LogP contribution in [0, 0.1) is 5.92 Å². The lowest BCUT2D eigenvalue weighted by atomic mass is 9.84. The molecule has 6 nitrogen and oxygen atoms in total. The molecule has 1 fully saturated rings. The van der Waals surface area contributed by atoms with E-state index in [1.54, 1.807) is 0 Å². The van der Waals surface area contributed by atoms with Crippen molar-refractivity contribution in [2.24, 2.45) is 5.92 Å². The number of piperidine rings is 1. The van der Waals surface area contributed by atoms with Crippen molar-refractivity contribution in [3.63, 3.8) is 0 Å². The number of rotatable bonds is 5. The summed E-state index contributed by atoms with van der Waals surface area (Å²) in [6.45, 7) is 5.15. The molecule has 0 aromatic heterocycles. The van der Waals surface area contributed by atoms with Gasteiger partial charge in [0.1, 0.15) is 0 Å². The zero-order chi connectivity index (χ0) is 19.6. The van der Waals surface area contributed by atoms with Crippen molar-refractivity contribution in [2.45, 2.75) is 57.9 Å². The van der Waals surface area contributed by atoms with Gasteiger partial charge in [-0.05, 0) is 54.7 Å². The number of nitrogens with zero attached hydrogens (tertiary/aromatic N) is 1. The predicted molar refractivity (Wildman–Crippen MR) is 107 cm³/mol. The number of carbonyl (C=O) groups excluding carboxylic acids is 1. The molecule has 7 heteroatoms. The number of amides is 1. The molecular formula is C20H31N3O3S. The average Bonchev–Trinajstić information content (AvgIpc) is 2.68. The number of nitrogens with one attached hydrogen (secondary N) is 2. The van der Waals surface area contributed by atoms with Crippen LogP contribution in [0.1, 0.15) is 68.2 Å². The van der Waals surface area contributed by atoms with Crippen LogP contribution < -0.4 is 10.0 Å². The van der Waals surface area contributed by atoms with E-state index in [1.165, 1.54) is 28.0 Å². The molecular weight excluding hydrogens is 362 g/mol. The van der Waals surface area contributed by atoms with Crippen molar-refractivity contribution >= 4 is 16.1 Å². The van der Waals surface area contributed by atoms with E-state index < -0.39 is 10.2 Å². The van der Waals surface area contributed by atoms with Gasteiger partial charge in [-0.25, -0.2) is 4.72 Å². The Hall–Kier alpha value is -1.44. The minimum Gasteiger partial charge on any atom is -0.349 e. The monoisotopic (exact) mass is 393 g/mol. The Morgan fingerprint density at radius 1 is 1.19 bits per heavy atom. The maximum absolute atomic E-state index is 12.8. The molecule has 1 aliphatic heterocycles. The van der Waals surface area contributed by atoms with E-state index in [2.05, 4.69) is 42.1 Å². The Balaban J connectivity index is 1.65. The highest BCUT2D eigenvalue weighted by atomic mass is 32.2. The van der Waals surface area contributed by atoms with Crippen LogP contribution in [-0.2, 0) is 21.4 Å². The zero-order valence-electron chi connectivity index (χ0n) is 16.5. The highest BCUT2D eigenvalue weighted by Crippen LogP contribution is 2.33. The van der Waals surface area contributed by atoms with Crippen molar-refractivity contribution in [1.82, 2.24) is 14.3 Å². The van der Waals surface area contributed by atoms with E-state index in [-0.39, 0.29) is 17.9 Å². The Labute approximate surface area is 162 Å². The van der Waals surface area contributed by atoms with Gasteiger partial charge in [-0.15, -0.1) is 0 Å². The van der Waals surface area contributed by atoms with Gasteiger partial charge in [0.25, 0.3) is 10.2 Å². The Kier molecular flexibility index (Phi) is 6.23. The SMILES string of the molecule is CNS(=O)(=O)N1CCC(C(=O)N[C@@H]2CCCc3ccc(C(C)C)cc32)CC1. The lowest BCUT2D eigenvalue weighted by Crippen LogP contribution is -2.46. The molecule has 0 saturated carbocycles. The molecule has 3 rings (SSSR count). The van der Waals surface area contributed by atoms with Crippen LogP contribution in [0.25, 0.3) is 0 Å². The lowest BCUT2D eigenvalue weighted by Gasteiger charge is -2.32. The van der Waals surface area contributed by atoms with Gasteiger partial charge in [0.15, 0.2) is 0 Å². The second-order valence-electron chi connectivity index (χ2n) is 7.95. The van der Waals surface area contributed by atoms with E-state index >= 15 is 0 Å². The van der Waals surface area contributed by atoms with Crippen LogP contribution in [0.3, 0.4) is 0 Å². The van der Waals surface area contributed by atoms with Crippen LogP contribution in [-0.4, -0.2) is 38.8 Å². The molecule has 1 saturated heterocycles. The van der Waals surface area contributed by atoms with E-state index in [4.69, 9.17) is 0 Å². The molecule has 1 heterocycles. The number of carbonyl (C=O) groups is 1. The second-order valence-corrected chi connectivity index (χ2v) is 9.82. The first kappa shape index (κ1) is 20.3. The maximum atomic E-state index is 12.8. The minimum atomic E-state index is -3.40. The molecule has 2 aliphatic rings. The minimum absolute atomic E-state index is 0.0595. The first-order valence-electron chi connectivity index (χ1n) is 9.93. The van der Waals surface area contributed by atoms with Gasteiger partial charge in [0.05, 0.1) is 6.04 Å². The van der Waals surface area contributed by atoms with E-state index in [9.17, 15) is 13.2 Å². The smallest absolute Gasteiger partial charge is 0.279 e. The summed E-state index contributed by atoms with van der Waals surface area (Å²) >= 11 is 0. The summed E-state index contributed by atoms with van der Waals surface area (Å²) in [5.74, 6) is 0.406. The molecule has 1 aromatic carbocycles. The summed E-state index contributed by atoms with van der Waals surface area (Å²) in [7, 11) is -1.98. The first-order valence-corrected chi connectivity index (χ1v) is 11.4. The highest BCUT2D eigenvalue weighted by molar-refractivity contribution is 7.87. The molecule has 1 aromatic rings. The van der Waals surface area contributed by atoms with Gasteiger partial charge in [-0.3, -0.25) is 4.79 Å². The third kappa shape index (κ3) is 4.52. The Morgan fingerprint density at radius 2 is 1.89 bits per heavy atom. The van der Waals surface area contributed by atoms with Crippen molar-refractivity contribution in [1.29, 1.82) is 0 Å². The molecule has 0 bridgehead atoms. The van der Waals surface area contributed by atoms with Crippen LogP contribution in [0.4, 0.5) is 0 Å². The van der Waals surface area contributed by atoms with Crippen LogP contribution in [0.2, 0.25) is 0 Å². The fourth-order valence-corrected chi connectivity index (χ4v) is 5.05. The molecule has 0 spiro atoms. The molecule has 0 radical (unpaired) electrons. The largest absolute Gasteiger partial charge is 0.349 e. The standard InChI is InChI=1S/C20H31N3O3S/c1-14(2)17-8-7-15-5-4-6-19(18(15)13-17)22-20(24)16-9-11-23(12-10-16)27(25,26)21-3/h7-8,13-14,16,19,21H,4-6,9-12H2,1-3H3,(H,22,24)/t19-/m1/s1. The van der Waals surface area contributed by atoms with Crippen molar-refractivity contribution < 1.29 is 13.2 Å². The first-order chi connectivity index (χ1) is 12.8. The van der Waals surface area contributed by atoms with Crippen molar-refractivity contribution in [3.8, 4) is 0 Å². The summed E-state index contributed by atoms with van der Waals surface area (Å²) in [6.07, 6.45) is 4.25. The number of hydrogen-bond donors (Lipinski definition) is 2. The number of aryl methyl sites for hydroxylation is 1.